The average Bonchev–Trinajstić information content (AvgIpc) is 2.92. The van der Waals surface area contributed by atoms with Crippen molar-refractivity contribution < 1.29 is 14.2 Å². The molecule has 0 saturated carbocycles. The summed E-state index contributed by atoms with van der Waals surface area (Å²) in [6, 6.07) is 6.13. The summed E-state index contributed by atoms with van der Waals surface area (Å²) in [7, 11) is 1.65. The Bertz CT molecular complexity index is 612. The van der Waals surface area contributed by atoms with Crippen LogP contribution in [0, 0.1) is 0 Å². The summed E-state index contributed by atoms with van der Waals surface area (Å²) in [5, 5.41) is 5.51. The lowest BCUT2D eigenvalue weighted by Crippen LogP contribution is -2.17. The van der Waals surface area contributed by atoms with Gasteiger partial charge in [-0.1, -0.05) is 0 Å². The molecule has 3 rings (SSSR count). The fourth-order valence-corrected chi connectivity index (χ4v) is 3.63. The smallest absolute Gasteiger partial charge is 0.203 e. The van der Waals surface area contributed by atoms with Gasteiger partial charge in [0.05, 0.1) is 7.11 Å². The first-order valence-electron chi connectivity index (χ1n) is 6.66. The van der Waals surface area contributed by atoms with Crippen LogP contribution in [-0.2, 0) is 13.1 Å². The Labute approximate surface area is 136 Å². The van der Waals surface area contributed by atoms with Gasteiger partial charge in [-0.3, -0.25) is 0 Å². The lowest BCUT2D eigenvalue weighted by Gasteiger charge is -2.21. The predicted molar refractivity (Wildman–Crippen MR) is 86.5 cm³/mol. The highest BCUT2D eigenvalue weighted by Crippen LogP contribution is 2.40. The molecule has 21 heavy (non-hydrogen) atoms. The summed E-state index contributed by atoms with van der Waals surface area (Å²) in [5.74, 6) is 2.19. The second-order valence-electron chi connectivity index (χ2n) is 4.66. The van der Waals surface area contributed by atoms with Crippen LogP contribution in [0.25, 0.3) is 0 Å². The summed E-state index contributed by atoms with van der Waals surface area (Å²) >= 11 is 5.20. The van der Waals surface area contributed by atoms with Gasteiger partial charge in [0.15, 0.2) is 11.5 Å². The molecule has 6 heteroatoms. The Kier molecular flexibility index (Phi) is 4.67. The maximum Gasteiger partial charge on any atom is 0.203 e. The van der Waals surface area contributed by atoms with E-state index >= 15 is 0 Å². The highest BCUT2D eigenvalue weighted by molar-refractivity contribution is 9.10. The van der Waals surface area contributed by atoms with Crippen LogP contribution in [0.2, 0.25) is 0 Å². The van der Waals surface area contributed by atoms with Gasteiger partial charge in [-0.25, -0.2) is 0 Å². The molecule has 0 atom stereocenters. The number of halogens is 1. The zero-order valence-corrected chi connectivity index (χ0v) is 14.1. The van der Waals surface area contributed by atoms with E-state index in [1.807, 2.05) is 12.1 Å². The van der Waals surface area contributed by atoms with Crippen molar-refractivity contribution in [2.45, 2.75) is 13.1 Å². The molecule has 4 nitrogen and oxygen atoms in total. The second kappa shape index (κ2) is 6.68. The summed E-state index contributed by atoms with van der Waals surface area (Å²) < 4.78 is 17.8. The Balaban J connectivity index is 1.67. The fourth-order valence-electron chi connectivity index (χ4n) is 2.21. The molecule has 0 amide bonds. The molecule has 1 aromatic heterocycles. The Morgan fingerprint density at radius 3 is 2.86 bits per heavy atom. The van der Waals surface area contributed by atoms with E-state index < -0.39 is 0 Å². The molecule has 0 spiro atoms. The van der Waals surface area contributed by atoms with E-state index in [-0.39, 0.29) is 0 Å². The van der Waals surface area contributed by atoms with Crippen molar-refractivity contribution in [1.29, 1.82) is 0 Å². The Morgan fingerprint density at radius 1 is 1.24 bits per heavy atom. The van der Waals surface area contributed by atoms with Gasteiger partial charge in [-0.2, -0.15) is 0 Å². The van der Waals surface area contributed by atoms with E-state index in [2.05, 4.69) is 32.7 Å². The molecule has 1 aromatic carbocycles. The summed E-state index contributed by atoms with van der Waals surface area (Å²) in [5.41, 5.74) is 1.12. The zero-order chi connectivity index (χ0) is 14.7. The maximum absolute atomic E-state index is 5.64. The van der Waals surface area contributed by atoms with Crippen LogP contribution in [0.4, 0.5) is 0 Å². The standard InChI is InChI=1S/C15H16BrNO3S/c1-18-13-4-10(5-14-15(13)20-3-2-19-14)7-17-8-12-6-11(16)9-21-12/h4-6,9,17H,2-3,7-8H2,1H3. The number of thiophene rings is 1. The lowest BCUT2D eigenvalue weighted by atomic mass is 10.1. The minimum atomic E-state index is 0.564. The quantitative estimate of drug-likeness (QED) is 0.874. The molecule has 0 unspecified atom stereocenters. The van der Waals surface area contributed by atoms with Crippen LogP contribution < -0.4 is 19.5 Å². The first-order chi connectivity index (χ1) is 10.3. The van der Waals surface area contributed by atoms with Crippen LogP contribution in [0.5, 0.6) is 17.2 Å². The Hall–Kier alpha value is -1.24. The van der Waals surface area contributed by atoms with Crippen molar-refractivity contribution in [3.05, 3.63) is 38.5 Å². The molecule has 0 bridgehead atoms. The number of nitrogens with one attached hydrogen (secondary N) is 1. The molecule has 0 saturated heterocycles. The first kappa shape index (κ1) is 14.7. The van der Waals surface area contributed by atoms with E-state index in [1.165, 1.54) is 4.88 Å². The second-order valence-corrected chi connectivity index (χ2v) is 6.57. The third-order valence-electron chi connectivity index (χ3n) is 3.14. The number of methoxy groups -OCH3 is 1. The lowest BCUT2D eigenvalue weighted by molar-refractivity contribution is 0.165. The topological polar surface area (TPSA) is 39.7 Å². The van der Waals surface area contributed by atoms with Crippen LogP contribution in [-0.4, -0.2) is 20.3 Å². The molecule has 1 aliphatic heterocycles. The largest absolute Gasteiger partial charge is 0.493 e. The molecular formula is C15H16BrNO3S. The van der Waals surface area contributed by atoms with Crippen molar-refractivity contribution in [3.63, 3.8) is 0 Å². The number of hydrogen-bond donors (Lipinski definition) is 1. The van der Waals surface area contributed by atoms with Gasteiger partial charge in [-0.15, -0.1) is 11.3 Å². The van der Waals surface area contributed by atoms with Gasteiger partial charge in [0.1, 0.15) is 13.2 Å². The van der Waals surface area contributed by atoms with Crippen molar-refractivity contribution >= 4 is 27.3 Å². The zero-order valence-electron chi connectivity index (χ0n) is 11.6. The Morgan fingerprint density at radius 2 is 2.10 bits per heavy atom. The third kappa shape index (κ3) is 3.51. The van der Waals surface area contributed by atoms with Gasteiger partial charge in [0.25, 0.3) is 0 Å². The van der Waals surface area contributed by atoms with Crippen LogP contribution in [0.1, 0.15) is 10.4 Å². The fraction of sp³-hybridized carbons (Fsp3) is 0.333. The maximum atomic E-state index is 5.64. The van der Waals surface area contributed by atoms with Gasteiger partial charge in [0, 0.05) is 27.8 Å². The van der Waals surface area contributed by atoms with Gasteiger partial charge >= 0.3 is 0 Å². The van der Waals surface area contributed by atoms with Gasteiger partial charge in [-0.05, 0) is 39.7 Å². The molecule has 1 aliphatic rings. The predicted octanol–water partition coefficient (Wildman–Crippen LogP) is 3.58. The average molecular weight is 370 g/mol. The summed E-state index contributed by atoms with van der Waals surface area (Å²) in [4.78, 5) is 1.30. The van der Waals surface area contributed by atoms with Gasteiger partial charge < -0.3 is 19.5 Å². The van der Waals surface area contributed by atoms with Crippen molar-refractivity contribution in [2.24, 2.45) is 0 Å². The van der Waals surface area contributed by atoms with Crippen LogP contribution in [0.3, 0.4) is 0 Å². The number of benzene rings is 1. The van der Waals surface area contributed by atoms with Crippen molar-refractivity contribution in [2.75, 3.05) is 20.3 Å². The van der Waals surface area contributed by atoms with Crippen molar-refractivity contribution in [3.8, 4) is 17.2 Å². The van der Waals surface area contributed by atoms with Crippen LogP contribution in [0.15, 0.2) is 28.1 Å². The number of ether oxygens (including phenoxy) is 3. The van der Waals surface area contributed by atoms with E-state index in [4.69, 9.17) is 14.2 Å². The highest BCUT2D eigenvalue weighted by Gasteiger charge is 2.18. The minimum absolute atomic E-state index is 0.564. The molecule has 2 aromatic rings. The molecule has 0 fully saturated rings. The first-order valence-corrected chi connectivity index (χ1v) is 8.33. The number of hydrogen-bond acceptors (Lipinski definition) is 5. The molecule has 0 radical (unpaired) electrons. The minimum Gasteiger partial charge on any atom is -0.493 e. The molecule has 1 N–H and O–H groups in total. The molecule has 2 heterocycles. The van der Waals surface area contributed by atoms with Gasteiger partial charge in [0.2, 0.25) is 5.75 Å². The van der Waals surface area contributed by atoms with E-state index in [1.54, 1.807) is 18.4 Å². The number of rotatable bonds is 5. The normalized spacial score (nSPS) is 13.2. The highest BCUT2D eigenvalue weighted by atomic mass is 79.9. The summed E-state index contributed by atoms with van der Waals surface area (Å²) in [6.45, 7) is 2.74. The van der Waals surface area contributed by atoms with Crippen molar-refractivity contribution in [1.82, 2.24) is 5.32 Å². The SMILES string of the molecule is COc1cc(CNCc2cc(Br)cs2)cc2c1OCCO2. The van der Waals surface area contributed by atoms with E-state index in [9.17, 15) is 0 Å². The molecular weight excluding hydrogens is 354 g/mol. The van der Waals surface area contributed by atoms with E-state index in [0.717, 1.165) is 34.6 Å². The van der Waals surface area contributed by atoms with E-state index in [0.29, 0.717) is 19.0 Å². The summed E-state index contributed by atoms with van der Waals surface area (Å²) in [6.07, 6.45) is 0. The number of fused-ring (bicyclic) bond motifs is 1. The molecule has 112 valence electrons. The molecule has 0 aliphatic carbocycles. The third-order valence-corrected chi connectivity index (χ3v) is 4.84. The van der Waals surface area contributed by atoms with Crippen LogP contribution >= 0.6 is 27.3 Å². The monoisotopic (exact) mass is 369 g/mol.